The van der Waals surface area contributed by atoms with Gasteiger partial charge >= 0.3 is 0 Å². The molecule has 0 aliphatic heterocycles. The molecule has 1 nitrogen and oxygen atoms in total. The van der Waals surface area contributed by atoms with Crippen molar-refractivity contribution in [3.8, 4) is 0 Å². The maximum Gasteiger partial charge on any atom is -0.00138 e. The minimum atomic E-state index is 0.354. The lowest BCUT2D eigenvalue weighted by Crippen LogP contribution is -2.31. The van der Waals surface area contributed by atoms with Crippen LogP contribution in [0.1, 0.15) is 17.5 Å². The second kappa shape index (κ2) is 4.58. The van der Waals surface area contributed by atoms with Gasteiger partial charge in [0.1, 0.15) is 0 Å². The van der Waals surface area contributed by atoms with Gasteiger partial charge < -0.3 is 5.73 Å². The van der Waals surface area contributed by atoms with Crippen molar-refractivity contribution >= 4 is 11.8 Å². The van der Waals surface area contributed by atoms with E-state index in [-0.39, 0.29) is 0 Å². The number of benzene rings is 1. The molecule has 0 fully saturated rings. The van der Waals surface area contributed by atoms with Crippen molar-refractivity contribution < 1.29 is 0 Å². The lowest BCUT2D eigenvalue weighted by molar-refractivity contribution is 0.307. The van der Waals surface area contributed by atoms with Gasteiger partial charge in [-0.25, -0.2) is 0 Å². The zero-order valence-corrected chi connectivity index (χ0v) is 10.1. The van der Waals surface area contributed by atoms with Crippen LogP contribution in [0.2, 0.25) is 0 Å². The molecule has 0 unspecified atom stereocenters. The first-order chi connectivity index (χ1) is 7.29. The van der Waals surface area contributed by atoms with E-state index >= 15 is 0 Å². The zero-order valence-electron chi connectivity index (χ0n) is 9.33. The summed E-state index contributed by atoms with van der Waals surface area (Å²) in [6.07, 6.45) is 5.78. The van der Waals surface area contributed by atoms with E-state index in [0.717, 1.165) is 6.54 Å². The van der Waals surface area contributed by atoms with Crippen LogP contribution in [0.4, 0.5) is 0 Å². The average molecular weight is 221 g/mol. The molecule has 1 aromatic carbocycles. The number of rotatable bonds is 4. The summed E-state index contributed by atoms with van der Waals surface area (Å²) < 4.78 is 0. The molecule has 0 amide bonds. The zero-order chi connectivity index (χ0) is 10.7. The van der Waals surface area contributed by atoms with E-state index in [2.05, 4.69) is 30.5 Å². The first-order valence-corrected chi connectivity index (χ1v) is 6.95. The SMILES string of the molecule is CSCCC1(CN)Cc2ccccc2C1. The van der Waals surface area contributed by atoms with Gasteiger partial charge in [0.05, 0.1) is 0 Å². The van der Waals surface area contributed by atoms with Crippen molar-refractivity contribution in [3.05, 3.63) is 35.4 Å². The Morgan fingerprint density at radius 1 is 1.27 bits per heavy atom. The van der Waals surface area contributed by atoms with E-state index < -0.39 is 0 Å². The number of nitrogens with two attached hydrogens (primary N) is 1. The molecule has 1 aliphatic rings. The molecule has 82 valence electrons. The summed E-state index contributed by atoms with van der Waals surface area (Å²) in [5, 5.41) is 0. The maximum absolute atomic E-state index is 5.98. The topological polar surface area (TPSA) is 26.0 Å². The molecule has 2 N–H and O–H groups in total. The van der Waals surface area contributed by atoms with E-state index in [4.69, 9.17) is 5.73 Å². The molecule has 1 aliphatic carbocycles. The Morgan fingerprint density at radius 2 is 1.87 bits per heavy atom. The highest BCUT2D eigenvalue weighted by Crippen LogP contribution is 2.39. The van der Waals surface area contributed by atoms with Crippen LogP contribution in [0.3, 0.4) is 0 Å². The number of hydrogen-bond donors (Lipinski definition) is 1. The second-order valence-electron chi connectivity index (χ2n) is 4.57. The molecule has 1 aromatic rings. The van der Waals surface area contributed by atoms with Gasteiger partial charge in [-0.1, -0.05) is 24.3 Å². The Balaban J connectivity index is 2.14. The summed E-state index contributed by atoms with van der Waals surface area (Å²) in [4.78, 5) is 0. The molecule has 0 saturated heterocycles. The van der Waals surface area contributed by atoms with Crippen LogP contribution in [0.15, 0.2) is 24.3 Å². The third-order valence-corrected chi connectivity index (χ3v) is 4.13. The quantitative estimate of drug-likeness (QED) is 0.845. The Labute approximate surface area is 96.4 Å². The highest BCUT2D eigenvalue weighted by molar-refractivity contribution is 7.98. The molecule has 0 radical (unpaired) electrons. The number of hydrogen-bond acceptors (Lipinski definition) is 2. The fourth-order valence-electron chi connectivity index (χ4n) is 2.51. The smallest absolute Gasteiger partial charge is 0.00138 e. The summed E-state index contributed by atoms with van der Waals surface area (Å²) >= 11 is 1.93. The fourth-order valence-corrected chi connectivity index (χ4v) is 3.15. The molecular formula is C13H19NS. The minimum Gasteiger partial charge on any atom is -0.330 e. The standard InChI is InChI=1S/C13H19NS/c1-15-7-6-13(10-14)8-11-4-2-3-5-12(11)9-13/h2-5H,6-10,14H2,1H3. The van der Waals surface area contributed by atoms with E-state index in [0.29, 0.717) is 5.41 Å². The van der Waals surface area contributed by atoms with Crippen molar-refractivity contribution in [1.29, 1.82) is 0 Å². The first kappa shape index (κ1) is 11.0. The lowest BCUT2D eigenvalue weighted by atomic mass is 9.82. The molecule has 0 aromatic heterocycles. The van der Waals surface area contributed by atoms with Crippen LogP contribution in [0.5, 0.6) is 0 Å². The molecule has 0 spiro atoms. The summed E-state index contributed by atoms with van der Waals surface area (Å²) in [5.74, 6) is 1.23. The summed E-state index contributed by atoms with van der Waals surface area (Å²) in [6, 6.07) is 8.79. The Bertz CT molecular complexity index is 310. The second-order valence-corrected chi connectivity index (χ2v) is 5.55. The van der Waals surface area contributed by atoms with Crippen molar-refractivity contribution in [3.63, 3.8) is 0 Å². The Morgan fingerprint density at radius 3 is 2.33 bits per heavy atom. The number of thioether (sulfide) groups is 1. The van der Waals surface area contributed by atoms with Gasteiger partial charge in [0.2, 0.25) is 0 Å². The summed E-state index contributed by atoms with van der Waals surface area (Å²) in [6.45, 7) is 0.822. The van der Waals surface area contributed by atoms with E-state index in [1.807, 2.05) is 11.8 Å². The molecule has 2 heteroatoms. The van der Waals surface area contributed by atoms with Gasteiger partial charge in [-0.3, -0.25) is 0 Å². The van der Waals surface area contributed by atoms with Crippen LogP contribution in [-0.2, 0) is 12.8 Å². The van der Waals surface area contributed by atoms with E-state index in [1.54, 1.807) is 0 Å². The van der Waals surface area contributed by atoms with Gasteiger partial charge in [-0.2, -0.15) is 11.8 Å². The molecular weight excluding hydrogens is 202 g/mol. The van der Waals surface area contributed by atoms with Crippen LogP contribution >= 0.6 is 11.8 Å². The van der Waals surface area contributed by atoms with Crippen molar-refractivity contribution in [2.45, 2.75) is 19.3 Å². The Kier molecular flexibility index (Phi) is 3.37. The van der Waals surface area contributed by atoms with Crippen LogP contribution in [0, 0.1) is 5.41 Å². The van der Waals surface area contributed by atoms with Crippen LogP contribution < -0.4 is 5.73 Å². The Hall–Kier alpha value is -0.470. The van der Waals surface area contributed by atoms with Gasteiger partial charge in [0.15, 0.2) is 0 Å². The average Bonchev–Trinajstić information content (AvgIpc) is 2.65. The molecule has 0 atom stereocenters. The van der Waals surface area contributed by atoms with Gasteiger partial charge in [-0.15, -0.1) is 0 Å². The molecule has 2 rings (SSSR count). The predicted molar refractivity (Wildman–Crippen MR) is 68.3 cm³/mol. The molecule has 15 heavy (non-hydrogen) atoms. The van der Waals surface area contributed by atoms with Gasteiger partial charge in [0, 0.05) is 0 Å². The third-order valence-electron chi connectivity index (χ3n) is 3.52. The number of fused-ring (bicyclic) bond motifs is 1. The van der Waals surface area contributed by atoms with Crippen LogP contribution in [0.25, 0.3) is 0 Å². The minimum absolute atomic E-state index is 0.354. The van der Waals surface area contributed by atoms with Gasteiger partial charge in [-0.05, 0) is 54.4 Å². The van der Waals surface area contributed by atoms with Crippen molar-refractivity contribution in [1.82, 2.24) is 0 Å². The predicted octanol–water partition coefficient (Wildman–Crippen LogP) is 2.48. The van der Waals surface area contributed by atoms with Gasteiger partial charge in [0.25, 0.3) is 0 Å². The van der Waals surface area contributed by atoms with Crippen molar-refractivity contribution in [2.75, 3.05) is 18.6 Å². The molecule has 0 saturated carbocycles. The van der Waals surface area contributed by atoms with E-state index in [9.17, 15) is 0 Å². The monoisotopic (exact) mass is 221 g/mol. The largest absolute Gasteiger partial charge is 0.330 e. The van der Waals surface area contributed by atoms with Crippen LogP contribution in [-0.4, -0.2) is 18.6 Å². The maximum atomic E-state index is 5.98. The normalized spacial score (nSPS) is 17.7. The highest BCUT2D eigenvalue weighted by atomic mass is 32.2. The summed E-state index contributed by atoms with van der Waals surface area (Å²) in [7, 11) is 0. The highest BCUT2D eigenvalue weighted by Gasteiger charge is 2.35. The fraction of sp³-hybridized carbons (Fsp3) is 0.538. The van der Waals surface area contributed by atoms with Crippen molar-refractivity contribution in [2.24, 2.45) is 11.1 Å². The summed E-state index contributed by atoms with van der Waals surface area (Å²) in [5.41, 5.74) is 9.37. The first-order valence-electron chi connectivity index (χ1n) is 5.55. The molecule has 0 heterocycles. The third kappa shape index (κ3) is 2.21. The van der Waals surface area contributed by atoms with E-state index in [1.165, 1.54) is 36.1 Å². The lowest BCUT2D eigenvalue weighted by Gasteiger charge is -2.26. The molecule has 0 bridgehead atoms.